The quantitative estimate of drug-likeness (QED) is 0.630. The summed E-state index contributed by atoms with van der Waals surface area (Å²) in [6.45, 7) is 0.320. The predicted molar refractivity (Wildman–Crippen MR) is 83.0 cm³/mol. The third-order valence-electron chi connectivity index (χ3n) is 2.69. The molecule has 0 saturated carbocycles. The lowest BCUT2D eigenvalue weighted by molar-refractivity contribution is 0.324. The molecule has 0 aliphatic carbocycles. The Kier molecular flexibility index (Phi) is 5.06. The van der Waals surface area contributed by atoms with Crippen molar-refractivity contribution < 1.29 is 13.2 Å². The van der Waals surface area contributed by atoms with E-state index in [0.29, 0.717) is 16.5 Å². The van der Waals surface area contributed by atoms with Crippen LogP contribution in [0.2, 0.25) is 5.02 Å². The fourth-order valence-corrected chi connectivity index (χ4v) is 2.79. The molecular formula is C14H15ClN2O3S. The Bertz CT molecular complexity index is 702. The lowest BCUT2D eigenvalue weighted by atomic mass is 10.3. The van der Waals surface area contributed by atoms with Crippen LogP contribution in [0, 0.1) is 0 Å². The Labute approximate surface area is 128 Å². The first kappa shape index (κ1) is 15.6. The molecule has 7 heteroatoms. The topological polar surface area (TPSA) is 81.4 Å². The van der Waals surface area contributed by atoms with E-state index in [1.807, 2.05) is 0 Å². The van der Waals surface area contributed by atoms with Crippen LogP contribution in [-0.2, 0) is 10.0 Å². The van der Waals surface area contributed by atoms with Gasteiger partial charge in [-0.1, -0.05) is 23.7 Å². The van der Waals surface area contributed by atoms with Crippen LogP contribution in [0.4, 0.5) is 5.69 Å². The molecule has 21 heavy (non-hydrogen) atoms. The summed E-state index contributed by atoms with van der Waals surface area (Å²) in [5, 5.41) is 0.483. The molecule has 0 unspecified atom stereocenters. The fraction of sp³-hybridized carbons (Fsp3) is 0.143. The number of halogens is 1. The van der Waals surface area contributed by atoms with Gasteiger partial charge in [-0.2, -0.15) is 0 Å². The van der Waals surface area contributed by atoms with Crippen LogP contribution >= 0.6 is 11.6 Å². The standard InChI is InChI=1S/C14H15ClN2O3S/c15-11-5-7-12(8-6-11)21(18,19)17-9-10-20-14-4-2-1-3-13(14)16/h1-8,17H,9-10,16H2. The van der Waals surface area contributed by atoms with Gasteiger partial charge in [-0.15, -0.1) is 0 Å². The molecule has 0 atom stereocenters. The molecule has 0 aromatic heterocycles. The van der Waals surface area contributed by atoms with Crippen molar-refractivity contribution >= 4 is 27.3 Å². The van der Waals surface area contributed by atoms with E-state index in [2.05, 4.69) is 4.72 Å². The van der Waals surface area contributed by atoms with Crippen molar-refractivity contribution in [2.24, 2.45) is 0 Å². The van der Waals surface area contributed by atoms with Gasteiger partial charge in [-0.3, -0.25) is 0 Å². The zero-order chi connectivity index (χ0) is 15.3. The minimum atomic E-state index is -3.56. The summed E-state index contributed by atoms with van der Waals surface area (Å²) < 4.78 is 31.8. The highest BCUT2D eigenvalue weighted by Crippen LogP contribution is 2.19. The second-order valence-corrected chi connectivity index (χ2v) is 6.44. The van der Waals surface area contributed by atoms with E-state index in [9.17, 15) is 8.42 Å². The van der Waals surface area contributed by atoms with E-state index < -0.39 is 10.0 Å². The first-order valence-electron chi connectivity index (χ1n) is 6.21. The maximum Gasteiger partial charge on any atom is 0.240 e. The van der Waals surface area contributed by atoms with Gasteiger partial charge in [-0.25, -0.2) is 13.1 Å². The summed E-state index contributed by atoms with van der Waals surface area (Å²) in [5.74, 6) is 0.531. The molecule has 0 saturated heterocycles. The molecule has 0 bridgehead atoms. The first-order valence-corrected chi connectivity index (χ1v) is 8.08. The molecule has 3 N–H and O–H groups in total. The van der Waals surface area contributed by atoms with Gasteiger partial charge in [0.15, 0.2) is 0 Å². The number of hydrogen-bond donors (Lipinski definition) is 2. The van der Waals surface area contributed by atoms with Gasteiger partial charge in [-0.05, 0) is 36.4 Å². The Morgan fingerprint density at radius 3 is 2.43 bits per heavy atom. The van der Waals surface area contributed by atoms with Crippen LogP contribution in [-0.4, -0.2) is 21.6 Å². The minimum absolute atomic E-state index is 0.138. The number of ether oxygens (including phenoxy) is 1. The van der Waals surface area contributed by atoms with Gasteiger partial charge in [0.25, 0.3) is 0 Å². The van der Waals surface area contributed by atoms with Crippen LogP contribution in [0.15, 0.2) is 53.4 Å². The van der Waals surface area contributed by atoms with Gasteiger partial charge in [0.2, 0.25) is 10.0 Å². The van der Waals surface area contributed by atoms with Crippen molar-refractivity contribution in [3.05, 3.63) is 53.6 Å². The number of sulfonamides is 1. The summed E-state index contributed by atoms with van der Waals surface area (Å²) in [6.07, 6.45) is 0. The highest BCUT2D eigenvalue weighted by Gasteiger charge is 2.12. The predicted octanol–water partition coefficient (Wildman–Crippen LogP) is 2.28. The first-order chi connectivity index (χ1) is 9.99. The molecule has 0 heterocycles. The average molecular weight is 327 g/mol. The Hall–Kier alpha value is -1.76. The molecule has 0 amide bonds. The van der Waals surface area contributed by atoms with Crippen LogP contribution in [0.25, 0.3) is 0 Å². The molecule has 0 aliphatic rings. The zero-order valence-electron chi connectivity index (χ0n) is 11.1. The van der Waals surface area contributed by atoms with E-state index in [-0.39, 0.29) is 18.0 Å². The van der Waals surface area contributed by atoms with Gasteiger partial charge in [0, 0.05) is 11.6 Å². The van der Waals surface area contributed by atoms with Crippen LogP contribution < -0.4 is 15.2 Å². The van der Waals surface area contributed by atoms with Gasteiger partial charge in [0.05, 0.1) is 10.6 Å². The normalized spacial score (nSPS) is 11.3. The van der Waals surface area contributed by atoms with E-state index in [0.717, 1.165) is 0 Å². The third kappa shape index (κ3) is 4.35. The summed E-state index contributed by atoms with van der Waals surface area (Å²) >= 11 is 5.72. The Morgan fingerprint density at radius 2 is 1.76 bits per heavy atom. The molecule has 0 radical (unpaired) electrons. The van der Waals surface area contributed by atoms with Gasteiger partial charge >= 0.3 is 0 Å². The van der Waals surface area contributed by atoms with Crippen molar-refractivity contribution in [1.29, 1.82) is 0 Å². The molecule has 0 aliphatic heterocycles. The largest absolute Gasteiger partial charge is 0.490 e. The minimum Gasteiger partial charge on any atom is -0.490 e. The van der Waals surface area contributed by atoms with Crippen LogP contribution in [0.3, 0.4) is 0 Å². The summed E-state index contributed by atoms with van der Waals surface area (Å²) in [7, 11) is -3.56. The van der Waals surface area contributed by atoms with E-state index in [1.165, 1.54) is 24.3 Å². The average Bonchev–Trinajstić information content (AvgIpc) is 2.46. The SMILES string of the molecule is Nc1ccccc1OCCNS(=O)(=O)c1ccc(Cl)cc1. The van der Waals surface area contributed by atoms with Crippen molar-refractivity contribution in [2.45, 2.75) is 4.90 Å². The Morgan fingerprint density at radius 1 is 1.10 bits per heavy atom. The summed E-state index contributed by atoms with van der Waals surface area (Å²) in [5.41, 5.74) is 6.23. The molecular weight excluding hydrogens is 312 g/mol. The summed E-state index contributed by atoms with van der Waals surface area (Å²) in [4.78, 5) is 0.158. The lowest BCUT2D eigenvalue weighted by Gasteiger charge is -2.10. The van der Waals surface area contributed by atoms with Crippen molar-refractivity contribution in [2.75, 3.05) is 18.9 Å². The Balaban J connectivity index is 1.88. The smallest absolute Gasteiger partial charge is 0.240 e. The third-order valence-corrected chi connectivity index (χ3v) is 4.42. The number of benzene rings is 2. The maximum absolute atomic E-state index is 12.0. The highest BCUT2D eigenvalue weighted by atomic mass is 35.5. The lowest BCUT2D eigenvalue weighted by Crippen LogP contribution is -2.28. The van der Waals surface area contributed by atoms with Crippen molar-refractivity contribution in [3.63, 3.8) is 0 Å². The molecule has 2 rings (SSSR count). The molecule has 0 spiro atoms. The number of anilines is 1. The monoisotopic (exact) mass is 326 g/mol. The van der Waals surface area contributed by atoms with Gasteiger partial charge in [0.1, 0.15) is 12.4 Å². The fourth-order valence-electron chi connectivity index (χ4n) is 1.65. The van der Waals surface area contributed by atoms with E-state index in [4.69, 9.17) is 22.1 Å². The molecule has 5 nitrogen and oxygen atoms in total. The highest BCUT2D eigenvalue weighted by molar-refractivity contribution is 7.89. The number of para-hydroxylation sites is 2. The molecule has 2 aromatic rings. The number of nitrogen functional groups attached to an aromatic ring is 1. The van der Waals surface area contributed by atoms with Gasteiger partial charge < -0.3 is 10.5 Å². The van der Waals surface area contributed by atoms with Crippen molar-refractivity contribution in [3.8, 4) is 5.75 Å². The molecule has 2 aromatic carbocycles. The second-order valence-electron chi connectivity index (χ2n) is 4.24. The summed E-state index contributed by atoms with van der Waals surface area (Å²) in [6, 6.07) is 13.0. The number of rotatable bonds is 6. The van der Waals surface area contributed by atoms with Crippen LogP contribution in [0.1, 0.15) is 0 Å². The number of nitrogens with two attached hydrogens (primary N) is 1. The maximum atomic E-state index is 12.0. The molecule has 0 fully saturated rings. The second kappa shape index (κ2) is 6.80. The van der Waals surface area contributed by atoms with Crippen molar-refractivity contribution in [1.82, 2.24) is 4.72 Å². The van der Waals surface area contributed by atoms with Crippen LogP contribution in [0.5, 0.6) is 5.75 Å². The molecule has 112 valence electrons. The zero-order valence-corrected chi connectivity index (χ0v) is 12.7. The van der Waals surface area contributed by atoms with E-state index >= 15 is 0 Å². The number of hydrogen-bond acceptors (Lipinski definition) is 4. The number of nitrogens with one attached hydrogen (secondary N) is 1. The van der Waals surface area contributed by atoms with E-state index in [1.54, 1.807) is 24.3 Å².